The number of benzene rings is 1. The van der Waals surface area contributed by atoms with Crippen molar-refractivity contribution in [1.82, 2.24) is 5.06 Å². The van der Waals surface area contributed by atoms with E-state index in [1.165, 1.54) is 0 Å². The SMILES string of the molecule is CC(N)Oc1ccc(C2=NC(C)(CO)C(C)(C)N2O)cc1. The molecule has 1 heterocycles. The number of ether oxygens (including phenoxy) is 1. The maximum absolute atomic E-state index is 10.4. The number of rotatable bonds is 4. The fourth-order valence-corrected chi connectivity index (χ4v) is 2.22. The van der Waals surface area contributed by atoms with Crippen LogP contribution in [0.25, 0.3) is 0 Å². The van der Waals surface area contributed by atoms with Gasteiger partial charge in [0.1, 0.15) is 17.5 Å². The maximum atomic E-state index is 10.4. The number of aliphatic hydroxyl groups is 1. The van der Waals surface area contributed by atoms with Crippen LogP contribution in [0, 0.1) is 0 Å². The summed E-state index contributed by atoms with van der Waals surface area (Å²) in [4.78, 5) is 4.51. The third-order valence-corrected chi connectivity index (χ3v) is 4.14. The summed E-state index contributed by atoms with van der Waals surface area (Å²) in [5.74, 6) is 1.09. The van der Waals surface area contributed by atoms with Gasteiger partial charge in [-0.1, -0.05) is 0 Å². The van der Waals surface area contributed by atoms with Crippen LogP contribution in [0.1, 0.15) is 33.3 Å². The molecule has 21 heavy (non-hydrogen) atoms. The first-order chi connectivity index (χ1) is 9.71. The Morgan fingerprint density at radius 1 is 1.29 bits per heavy atom. The van der Waals surface area contributed by atoms with Crippen molar-refractivity contribution in [3.05, 3.63) is 29.8 Å². The second-order valence-corrected chi connectivity index (χ2v) is 6.09. The van der Waals surface area contributed by atoms with E-state index in [2.05, 4.69) is 4.99 Å². The Bertz CT molecular complexity index is 540. The minimum absolute atomic E-state index is 0.146. The molecule has 0 fully saturated rings. The molecule has 1 aliphatic heterocycles. The number of hydrogen-bond donors (Lipinski definition) is 3. The molecule has 0 aliphatic carbocycles. The summed E-state index contributed by atoms with van der Waals surface area (Å²) in [5.41, 5.74) is 4.86. The standard InChI is InChI=1S/C15H23N3O3/c1-10(16)21-12-7-5-11(6-8-12)13-17-15(4,9-19)14(2,3)18(13)20/h5-8,10,19-20H,9,16H2,1-4H3. The fraction of sp³-hybridized carbons (Fsp3) is 0.533. The fourth-order valence-electron chi connectivity index (χ4n) is 2.22. The van der Waals surface area contributed by atoms with E-state index in [1.54, 1.807) is 31.2 Å². The Balaban J connectivity index is 2.32. The molecule has 6 nitrogen and oxygen atoms in total. The molecular weight excluding hydrogens is 270 g/mol. The summed E-state index contributed by atoms with van der Waals surface area (Å²) >= 11 is 0. The van der Waals surface area contributed by atoms with E-state index in [1.807, 2.05) is 20.8 Å². The van der Waals surface area contributed by atoms with Gasteiger partial charge in [0.15, 0.2) is 5.84 Å². The molecule has 1 aliphatic rings. The van der Waals surface area contributed by atoms with Crippen molar-refractivity contribution in [1.29, 1.82) is 0 Å². The summed E-state index contributed by atoms with van der Waals surface area (Å²) in [5, 5.41) is 21.1. The average Bonchev–Trinajstić information content (AvgIpc) is 2.60. The van der Waals surface area contributed by atoms with Crippen molar-refractivity contribution in [2.75, 3.05) is 6.61 Å². The molecule has 4 N–H and O–H groups in total. The summed E-state index contributed by atoms with van der Waals surface area (Å²) < 4.78 is 5.38. The van der Waals surface area contributed by atoms with E-state index in [4.69, 9.17) is 10.5 Å². The van der Waals surface area contributed by atoms with Gasteiger partial charge in [-0.25, -0.2) is 5.06 Å². The van der Waals surface area contributed by atoms with Gasteiger partial charge >= 0.3 is 0 Å². The first-order valence-electron chi connectivity index (χ1n) is 6.94. The number of aliphatic hydroxyl groups excluding tert-OH is 1. The van der Waals surface area contributed by atoms with Gasteiger partial charge in [-0.05, 0) is 52.0 Å². The zero-order valence-electron chi connectivity index (χ0n) is 12.9. The summed E-state index contributed by atoms with van der Waals surface area (Å²) in [7, 11) is 0. The first-order valence-corrected chi connectivity index (χ1v) is 6.94. The maximum Gasteiger partial charge on any atom is 0.156 e. The lowest BCUT2D eigenvalue weighted by molar-refractivity contribution is -0.108. The van der Waals surface area contributed by atoms with Crippen molar-refractivity contribution in [2.24, 2.45) is 10.7 Å². The average molecular weight is 293 g/mol. The molecular formula is C15H23N3O3. The van der Waals surface area contributed by atoms with Gasteiger partial charge in [-0.2, -0.15) is 0 Å². The monoisotopic (exact) mass is 293 g/mol. The highest BCUT2D eigenvalue weighted by molar-refractivity contribution is 6.00. The molecule has 116 valence electrons. The van der Waals surface area contributed by atoms with Crippen molar-refractivity contribution < 1.29 is 15.1 Å². The van der Waals surface area contributed by atoms with Crippen LogP contribution in [0.4, 0.5) is 0 Å². The highest BCUT2D eigenvalue weighted by Gasteiger charge is 2.51. The zero-order chi connectivity index (χ0) is 15.8. The number of amidine groups is 1. The van der Waals surface area contributed by atoms with Crippen LogP contribution in [0.2, 0.25) is 0 Å². The number of nitrogens with two attached hydrogens (primary N) is 1. The largest absolute Gasteiger partial charge is 0.476 e. The third-order valence-electron chi connectivity index (χ3n) is 4.14. The topological polar surface area (TPSA) is 91.3 Å². The number of hydroxylamine groups is 2. The molecule has 0 saturated carbocycles. The normalized spacial score (nSPS) is 25.7. The Kier molecular flexibility index (Phi) is 3.97. The molecule has 2 atom stereocenters. The summed E-state index contributed by atoms with van der Waals surface area (Å²) in [6.07, 6.45) is -0.384. The number of hydrogen-bond acceptors (Lipinski definition) is 6. The highest BCUT2D eigenvalue weighted by Crippen LogP contribution is 2.38. The second kappa shape index (κ2) is 5.29. The Hall–Kier alpha value is -1.63. The van der Waals surface area contributed by atoms with Crippen LogP contribution in [0.5, 0.6) is 5.75 Å². The van der Waals surface area contributed by atoms with Crippen molar-refractivity contribution in [3.8, 4) is 5.75 Å². The second-order valence-electron chi connectivity index (χ2n) is 6.09. The first kappa shape index (κ1) is 15.8. The molecule has 2 rings (SSSR count). The van der Waals surface area contributed by atoms with Gasteiger partial charge in [0.2, 0.25) is 0 Å². The molecule has 0 radical (unpaired) electrons. The predicted molar refractivity (Wildman–Crippen MR) is 80.5 cm³/mol. The van der Waals surface area contributed by atoms with Crippen LogP contribution in [-0.2, 0) is 0 Å². The van der Waals surface area contributed by atoms with E-state index in [0.717, 1.165) is 10.6 Å². The predicted octanol–water partition coefficient (Wildman–Crippen LogP) is 1.35. The van der Waals surface area contributed by atoms with E-state index in [0.29, 0.717) is 11.6 Å². The van der Waals surface area contributed by atoms with Crippen molar-refractivity contribution in [3.63, 3.8) is 0 Å². The van der Waals surface area contributed by atoms with Crippen LogP contribution < -0.4 is 10.5 Å². The molecule has 0 aromatic heterocycles. The highest BCUT2D eigenvalue weighted by atomic mass is 16.5. The minimum Gasteiger partial charge on any atom is -0.476 e. The quantitative estimate of drug-likeness (QED) is 0.729. The lowest BCUT2D eigenvalue weighted by Gasteiger charge is -2.38. The zero-order valence-corrected chi connectivity index (χ0v) is 12.9. The number of nitrogens with zero attached hydrogens (tertiary/aromatic N) is 2. The molecule has 2 unspecified atom stereocenters. The van der Waals surface area contributed by atoms with Gasteiger partial charge < -0.3 is 9.84 Å². The lowest BCUT2D eigenvalue weighted by Crippen LogP contribution is -2.54. The Morgan fingerprint density at radius 2 is 1.86 bits per heavy atom. The molecule has 0 bridgehead atoms. The van der Waals surface area contributed by atoms with Gasteiger partial charge in [-0.15, -0.1) is 0 Å². The number of aliphatic imine (C=N–C) groups is 1. The van der Waals surface area contributed by atoms with E-state index in [-0.39, 0.29) is 12.8 Å². The van der Waals surface area contributed by atoms with Crippen LogP contribution in [0.15, 0.2) is 29.3 Å². The van der Waals surface area contributed by atoms with Crippen molar-refractivity contribution >= 4 is 5.84 Å². The smallest absolute Gasteiger partial charge is 0.156 e. The third kappa shape index (κ3) is 2.62. The summed E-state index contributed by atoms with van der Waals surface area (Å²) in [6.45, 7) is 7.10. The van der Waals surface area contributed by atoms with Crippen LogP contribution in [0.3, 0.4) is 0 Å². The minimum atomic E-state index is -0.766. The van der Waals surface area contributed by atoms with E-state index >= 15 is 0 Å². The van der Waals surface area contributed by atoms with Gasteiger partial charge in [0, 0.05) is 5.56 Å². The van der Waals surface area contributed by atoms with E-state index < -0.39 is 11.1 Å². The molecule has 0 amide bonds. The van der Waals surface area contributed by atoms with Gasteiger partial charge in [-0.3, -0.25) is 15.9 Å². The lowest BCUT2D eigenvalue weighted by atomic mass is 9.83. The van der Waals surface area contributed by atoms with Gasteiger partial charge in [0.05, 0.1) is 12.1 Å². The van der Waals surface area contributed by atoms with Crippen molar-refractivity contribution in [2.45, 2.75) is 45.0 Å². The Labute approximate surface area is 124 Å². The van der Waals surface area contributed by atoms with Gasteiger partial charge in [0.25, 0.3) is 0 Å². The van der Waals surface area contributed by atoms with Crippen LogP contribution in [-0.4, -0.2) is 45.1 Å². The summed E-state index contributed by atoms with van der Waals surface area (Å²) in [6, 6.07) is 7.16. The molecule has 0 spiro atoms. The molecule has 6 heteroatoms. The molecule has 1 aromatic carbocycles. The Morgan fingerprint density at radius 3 is 2.29 bits per heavy atom. The van der Waals surface area contributed by atoms with Crippen LogP contribution >= 0.6 is 0 Å². The molecule has 0 saturated heterocycles. The van der Waals surface area contributed by atoms with E-state index in [9.17, 15) is 10.3 Å². The molecule has 1 aromatic rings.